The Hall–Kier alpha value is -1.33. The molecule has 4 heteroatoms. The normalized spacial score (nSPS) is 11.0. The summed E-state index contributed by atoms with van der Waals surface area (Å²) in [5.41, 5.74) is 8.35. The summed E-state index contributed by atoms with van der Waals surface area (Å²) in [6.45, 7) is 6.60. The Balaban J connectivity index is 1.73. The van der Waals surface area contributed by atoms with Gasteiger partial charge in [0.1, 0.15) is 0 Å². The first-order valence-electron chi connectivity index (χ1n) is 7.70. The Morgan fingerprint density at radius 2 is 1.73 bits per heavy atom. The minimum absolute atomic E-state index is 0.692. The molecule has 2 aromatic rings. The van der Waals surface area contributed by atoms with E-state index in [1.54, 1.807) is 11.9 Å². The van der Waals surface area contributed by atoms with E-state index in [1.807, 2.05) is 0 Å². The lowest BCUT2D eigenvalue weighted by Crippen LogP contribution is -2.33. The van der Waals surface area contributed by atoms with E-state index in [-0.39, 0.29) is 0 Å². The fraction of sp³-hybridized carbons (Fsp3) is 0.333. The van der Waals surface area contributed by atoms with Crippen molar-refractivity contribution in [3.8, 4) is 0 Å². The monoisotopic (exact) mass is 315 g/mol. The SMILES string of the molecule is Cc1ccc(SNCCN(CCN)Cc2ccccc2)cc1. The van der Waals surface area contributed by atoms with Crippen molar-refractivity contribution in [2.24, 2.45) is 5.73 Å². The zero-order valence-electron chi connectivity index (χ0n) is 13.2. The van der Waals surface area contributed by atoms with Gasteiger partial charge in [0.05, 0.1) is 0 Å². The van der Waals surface area contributed by atoms with E-state index in [9.17, 15) is 0 Å². The molecule has 0 radical (unpaired) electrons. The van der Waals surface area contributed by atoms with Crippen LogP contribution in [0.4, 0.5) is 0 Å². The first kappa shape index (κ1) is 17.0. The van der Waals surface area contributed by atoms with E-state index in [0.717, 1.165) is 26.2 Å². The Bertz CT molecular complexity index is 528. The summed E-state index contributed by atoms with van der Waals surface area (Å²) in [6, 6.07) is 19.1. The molecule has 0 saturated heterocycles. The van der Waals surface area contributed by atoms with Crippen molar-refractivity contribution in [3.63, 3.8) is 0 Å². The summed E-state index contributed by atoms with van der Waals surface area (Å²) < 4.78 is 3.43. The number of hydrogen-bond acceptors (Lipinski definition) is 4. The van der Waals surface area contributed by atoms with E-state index in [1.165, 1.54) is 16.0 Å². The highest BCUT2D eigenvalue weighted by molar-refractivity contribution is 7.97. The summed E-state index contributed by atoms with van der Waals surface area (Å²) in [6.07, 6.45) is 0. The molecule has 0 aliphatic heterocycles. The van der Waals surface area contributed by atoms with E-state index in [4.69, 9.17) is 5.73 Å². The maximum atomic E-state index is 5.73. The Morgan fingerprint density at radius 1 is 1.00 bits per heavy atom. The molecule has 0 amide bonds. The second-order valence-electron chi connectivity index (χ2n) is 5.36. The van der Waals surface area contributed by atoms with Crippen LogP contribution in [0, 0.1) is 6.92 Å². The molecule has 0 atom stereocenters. The van der Waals surface area contributed by atoms with Crippen LogP contribution in [0.3, 0.4) is 0 Å². The number of benzene rings is 2. The number of nitrogens with zero attached hydrogens (tertiary/aromatic N) is 1. The average molecular weight is 315 g/mol. The number of aryl methyl sites for hydroxylation is 1. The highest BCUT2D eigenvalue weighted by Crippen LogP contribution is 2.14. The molecule has 118 valence electrons. The molecular weight excluding hydrogens is 290 g/mol. The van der Waals surface area contributed by atoms with Crippen LogP contribution in [0.5, 0.6) is 0 Å². The summed E-state index contributed by atoms with van der Waals surface area (Å²) in [4.78, 5) is 3.64. The van der Waals surface area contributed by atoms with Gasteiger partial charge in [-0.25, -0.2) is 0 Å². The third-order valence-corrected chi connectivity index (χ3v) is 4.29. The van der Waals surface area contributed by atoms with Crippen molar-refractivity contribution in [2.45, 2.75) is 18.4 Å². The van der Waals surface area contributed by atoms with Gasteiger partial charge in [-0.3, -0.25) is 9.62 Å². The third-order valence-electron chi connectivity index (χ3n) is 3.44. The van der Waals surface area contributed by atoms with Gasteiger partial charge in [0, 0.05) is 37.6 Å². The molecule has 22 heavy (non-hydrogen) atoms. The highest BCUT2D eigenvalue weighted by Gasteiger charge is 2.04. The lowest BCUT2D eigenvalue weighted by molar-refractivity contribution is 0.278. The molecule has 0 unspecified atom stereocenters. The van der Waals surface area contributed by atoms with Crippen molar-refractivity contribution in [1.29, 1.82) is 0 Å². The summed E-state index contributed by atoms with van der Waals surface area (Å²) in [7, 11) is 0. The van der Waals surface area contributed by atoms with E-state index in [0.29, 0.717) is 6.54 Å². The second kappa shape index (κ2) is 9.64. The van der Waals surface area contributed by atoms with E-state index < -0.39 is 0 Å². The van der Waals surface area contributed by atoms with Gasteiger partial charge >= 0.3 is 0 Å². The zero-order chi connectivity index (χ0) is 15.6. The predicted octanol–water partition coefficient (Wildman–Crippen LogP) is 3.05. The van der Waals surface area contributed by atoms with Gasteiger partial charge in [-0.1, -0.05) is 48.0 Å². The Labute approximate surface area is 138 Å². The molecule has 3 nitrogen and oxygen atoms in total. The maximum Gasteiger partial charge on any atom is 0.0234 e. The van der Waals surface area contributed by atoms with Crippen LogP contribution in [0.1, 0.15) is 11.1 Å². The van der Waals surface area contributed by atoms with Gasteiger partial charge in [0.25, 0.3) is 0 Å². The third kappa shape index (κ3) is 6.20. The number of nitrogens with one attached hydrogen (secondary N) is 1. The Morgan fingerprint density at radius 3 is 2.41 bits per heavy atom. The lowest BCUT2D eigenvalue weighted by Gasteiger charge is -2.21. The van der Waals surface area contributed by atoms with E-state index >= 15 is 0 Å². The van der Waals surface area contributed by atoms with Crippen LogP contribution in [0.15, 0.2) is 59.5 Å². The first-order valence-corrected chi connectivity index (χ1v) is 8.52. The van der Waals surface area contributed by atoms with Crippen molar-refractivity contribution < 1.29 is 0 Å². The second-order valence-corrected chi connectivity index (χ2v) is 6.32. The van der Waals surface area contributed by atoms with Gasteiger partial charge in [-0.05, 0) is 36.6 Å². The van der Waals surface area contributed by atoms with Gasteiger partial charge in [0.2, 0.25) is 0 Å². The maximum absolute atomic E-state index is 5.73. The van der Waals surface area contributed by atoms with E-state index in [2.05, 4.69) is 71.1 Å². The quantitative estimate of drug-likeness (QED) is 0.551. The number of rotatable bonds is 9. The molecule has 2 rings (SSSR count). The molecule has 0 saturated carbocycles. The van der Waals surface area contributed by atoms with Crippen LogP contribution in [-0.2, 0) is 6.54 Å². The van der Waals surface area contributed by atoms with Gasteiger partial charge in [-0.15, -0.1) is 0 Å². The fourth-order valence-electron chi connectivity index (χ4n) is 2.24. The van der Waals surface area contributed by atoms with Crippen LogP contribution < -0.4 is 10.5 Å². The van der Waals surface area contributed by atoms with Gasteiger partial charge in [-0.2, -0.15) is 0 Å². The summed E-state index contributed by atoms with van der Waals surface area (Å²) in [5.74, 6) is 0. The Kier molecular flexibility index (Phi) is 7.46. The molecule has 0 bridgehead atoms. The summed E-state index contributed by atoms with van der Waals surface area (Å²) in [5, 5.41) is 0. The predicted molar refractivity (Wildman–Crippen MR) is 95.8 cm³/mol. The first-order chi connectivity index (χ1) is 10.8. The number of hydrogen-bond donors (Lipinski definition) is 2. The molecule has 2 aromatic carbocycles. The topological polar surface area (TPSA) is 41.3 Å². The lowest BCUT2D eigenvalue weighted by atomic mass is 10.2. The number of nitrogens with two attached hydrogens (primary N) is 1. The molecule has 0 fully saturated rings. The minimum atomic E-state index is 0.692. The molecule has 0 heterocycles. The fourth-order valence-corrected chi connectivity index (χ4v) is 2.87. The minimum Gasteiger partial charge on any atom is -0.329 e. The smallest absolute Gasteiger partial charge is 0.0234 e. The van der Waals surface area contributed by atoms with Crippen molar-refractivity contribution in [1.82, 2.24) is 9.62 Å². The largest absolute Gasteiger partial charge is 0.329 e. The van der Waals surface area contributed by atoms with Crippen LogP contribution in [-0.4, -0.2) is 31.1 Å². The zero-order valence-corrected chi connectivity index (χ0v) is 14.0. The molecule has 3 N–H and O–H groups in total. The standard InChI is InChI=1S/C18H25N3S/c1-16-7-9-18(10-8-16)22-20-12-14-21(13-11-19)15-17-5-3-2-4-6-17/h2-10,20H,11-15,19H2,1H3. The van der Waals surface area contributed by atoms with Gasteiger partial charge < -0.3 is 5.73 Å². The van der Waals surface area contributed by atoms with Crippen LogP contribution in [0.2, 0.25) is 0 Å². The molecule has 0 spiro atoms. The average Bonchev–Trinajstić information content (AvgIpc) is 2.54. The highest BCUT2D eigenvalue weighted by atomic mass is 32.2. The molecule has 0 aromatic heterocycles. The van der Waals surface area contributed by atoms with Crippen molar-refractivity contribution >= 4 is 11.9 Å². The van der Waals surface area contributed by atoms with Crippen LogP contribution in [0.25, 0.3) is 0 Å². The molecule has 0 aliphatic rings. The summed E-state index contributed by atoms with van der Waals surface area (Å²) >= 11 is 1.69. The van der Waals surface area contributed by atoms with Crippen molar-refractivity contribution in [2.75, 3.05) is 26.2 Å². The molecular formula is C18H25N3S. The molecule has 0 aliphatic carbocycles. The van der Waals surface area contributed by atoms with Crippen molar-refractivity contribution in [3.05, 3.63) is 65.7 Å². The van der Waals surface area contributed by atoms with Gasteiger partial charge in [0.15, 0.2) is 0 Å². The van der Waals surface area contributed by atoms with Crippen LogP contribution >= 0.6 is 11.9 Å².